The van der Waals surface area contributed by atoms with E-state index in [9.17, 15) is 14.5 Å². The minimum Gasteiger partial charge on any atom is -0.331 e. The van der Waals surface area contributed by atoms with Crippen molar-refractivity contribution in [1.29, 1.82) is 0 Å². The molecule has 0 saturated heterocycles. The number of rotatable bonds is 4. The summed E-state index contributed by atoms with van der Waals surface area (Å²) in [4.78, 5) is 10.2. The summed E-state index contributed by atoms with van der Waals surface area (Å²) in [7, 11) is 0. The van der Waals surface area contributed by atoms with E-state index in [0.29, 0.717) is 11.3 Å². The lowest BCUT2D eigenvalue weighted by Crippen LogP contribution is -2.23. The highest BCUT2D eigenvalue weighted by Gasteiger charge is 2.11. The number of hydrogen-bond donors (Lipinski definition) is 2. The summed E-state index contributed by atoms with van der Waals surface area (Å²) in [5, 5.41) is 17.7. The van der Waals surface area contributed by atoms with Crippen molar-refractivity contribution in [2.45, 2.75) is 0 Å². The average molecular weight is 353 g/mol. The molecule has 0 atom stereocenters. The number of nitro benzene ring substituents is 1. The molecule has 0 aliphatic rings. The Bertz CT molecular complexity index is 768. The number of nitrogens with zero attached hydrogens (tertiary/aromatic N) is 2. The predicted molar refractivity (Wildman–Crippen MR) is 91.5 cm³/mol. The highest BCUT2D eigenvalue weighted by Crippen LogP contribution is 2.24. The summed E-state index contributed by atoms with van der Waals surface area (Å²) in [6.45, 7) is 0. The molecular formula is C14H10ClFN4O2S. The highest BCUT2D eigenvalue weighted by atomic mass is 35.5. The topological polar surface area (TPSA) is 79.6 Å². The van der Waals surface area contributed by atoms with E-state index in [1.807, 2.05) is 0 Å². The Morgan fingerprint density at radius 1 is 1.30 bits per heavy atom. The molecule has 0 amide bonds. The molecule has 0 fully saturated rings. The Morgan fingerprint density at radius 3 is 2.65 bits per heavy atom. The molecular weight excluding hydrogens is 343 g/mol. The number of nitrogens with one attached hydrogen (secondary N) is 2. The molecule has 0 unspecified atom stereocenters. The summed E-state index contributed by atoms with van der Waals surface area (Å²) in [5.74, 6) is -0.350. The first-order valence-electron chi connectivity index (χ1n) is 6.25. The molecule has 6 nitrogen and oxygen atoms in total. The van der Waals surface area contributed by atoms with Gasteiger partial charge in [-0.05, 0) is 42.5 Å². The molecule has 2 aromatic rings. The van der Waals surface area contributed by atoms with Crippen LogP contribution in [0.3, 0.4) is 0 Å². The van der Waals surface area contributed by atoms with Crippen molar-refractivity contribution < 1.29 is 9.31 Å². The van der Waals surface area contributed by atoms with Crippen LogP contribution in [-0.2, 0) is 0 Å². The smallest absolute Gasteiger partial charge is 0.288 e. The second-order valence-electron chi connectivity index (χ2n) is 4.30. The number of nitro groups is 1. The van der Waals surface area contributed by atoms with Crippen molar-refractivity contribution in [3.8, 4) is 0 Å². The molecule has 0 aliphatic carbocycles. The second kappa shape index (κ2) is 7.61. The van der Waals surface area contributed by atoms with Gasteiger partial charge in [-0.1, -0.05) is 17.7 Å². The van der Waals surface area contributed by atoms with Crippen LogP contribution in [0.5, 0.6) is 0 Å². The molecule has 2 N–H and O–H groups in total. The minimum atomic E-state index is -0.576. The van der Waals surface area contributed by atoms with Crippen LogP contribution in [0.1, 0.15) is 5.56 Å². The maximum atomic E-state index is 12.8. The second-order valence-corrected chi connectivity index (χ2v) is 5.11. The van der Waals surface area contributed by atoms with E-state index < -0.39 is 4.92 Å². The predicted octanol–water partition coefficient (Wildman–Crippen LogP) is 3.71. The molecule has 0 spiro atoms. The van der Waals surface area contributed by atoms with E-state index in [-0.39, 0.29) is 21.6 Å². The first kappa shape index (κ1) is 16.8. The molecule has 0 heterocycles. The van der Waals surface area contributed by atoms with Gasteiger partial charge in [0.1, 0.15) is 10.8 Å². The van der Waals surface area contributed by atoms with Crippen LogP contribution in [0.2, 0.25) is 5.02 Å². The van der Waals surface area contributed by atoms with Gasteiger partial charge in [-0.3, -0.25) is 15.5 Å². The summed E-state index contributed by atoms with van der Waals surface area (Å²) < 4.78 is 12.8. The summed E-state index contributed by atoms with van der Waals surface area (Å²) >= 11 is 10.7. The maximum Gasteiger partial charge on any atom is 0.288 e. The van der Waals surface area contributed by atoms with Gasteiger partial charge in [0.05, 0.1) is 11.1 Å². The zero-order chi connectivity index (χ0) is 16.8. The van der Waals surface area contributed by atoms with E-state index in [1.165, 1.54) is 42.6 Å². The Kier molecular flexibility index (Phi) is 5.56. The van der Waals surface area contributed by atoms with E-state index in [4.69, 9.17) is 23.8 Å². The number of thiocarbonyl (C=S) groups is 1. The molecule has 118 valence electrons. The van der Waals surface area contributed by atoms with Gasteiger partial charge < -0.3 is 5.32 Å². The van der Waals surface area contributed by atoms with Crippen LogP contribution >= 0.6 is 23.8 Å². The third-order valence-electron chi connectivity index (χ3n) is 2.65. The van der Waals surface area contributed by atoms with Crippen molar-refractivity contribution in [3.05, 3.63) is 69.0 Å². The van der Waals surface area contributed by atoms with Crippen molar-refractivity contribution in [2.24, 2.45) is 5.10 Å². The Morgan fingerprint density at radius 2 is 2.00 bits per heavy atom. The largest absolute Gasteiger partial charge is 0.331 e. The molecule has 2 aromatic carbocycles. The molecule has 23 heavy (non-hydrogen) atoms. The van der Waals surface area contributed by atoms with Gasteiger partial charge in [0.25, 0.3) is 5.69 Å². The van der Waals surface area contributed by atoms with Gasteiger partial charge in [-0.25, -0.2) is 4.39 Å². The van der Waals surface area contributed by atoms with Crippen molar-refractivity contribution in [2.75, 3.05) is 5.32 Å². The lowest BCUT2D eigenvalue weighted by atomic mass is 10.2. The van der Waals surface area contributed by atoms with Crippen molar-refractivity contribution >= 4 is 46.5 Å². The molecule has 0 bridgehead atoms. The fourth-order valence-electron chi connectivity index (χ4n) is 1.61. The first-order valence-corrected chi connectivity index (χ1v) is 7.04. The van der Waals surface area contributed by atoms with Gasteiger partial charge in [0, 0.05) is 17.3 Å². The number of halogens is 2. The fraction of sp³-hybridized carbons (Fsp3) is 0. The van der Waals surface area contributed by atoms with Crippen LogP contribution < -0.4 is 10.7 Å². The number of anilines is 1. The SMILES string of the molecule is O=[N+]([O-])c1cc(/C=N/NC(=S)Nc2ccc(F)cc2)ccc1Cl. The van der Waals surface area contributed by atoms with E-state index in [0.717, 1.165) is 0 Å². The molecule has 2 rings (SSSR count). The third kappa shape index (κ3) is 4.97. The van der Waals surface area contributed by atoms with E-state index in [2.05, 4.69) is 15.8 Å². The van der Waals surface area contributed by atoms with E-state index in [1.54, 1.807) is 6.07 Å². The van der Waals surface area contributed by atoms with Crippen molar-refractivity contribution in [1.82, 2.24) is 5.43 Å². The molecule has 9 heteroatoms. The zero-order valence-electron chi connectivity index (χ0n) is 11.5. The number of hydrogen-bond acceptors (Lipinski definition) is 4. The van der Waals surface area contributed by atoms with Crippen LogP contribution in [0.15, 0.2) is 47.6 Å². The Balaban J connectivity index is 1.96. The molecule has 0 radical (unpaired) electrons. The molecule has 0 aliphatic heterocycles. The van der Waals surface area contributed by atoms with Gasteiger partial charge >= 0.3 is 0 Å². The molecule has 0 aromatic heterocycles. The fourth-order valence-corrected chi connectivity index (χ4v) is 1.96. The quantitative estimate of drug-likeness (QED) is 0.379. The number of hydrazone groups is 1. The molecule has 0 saturated carbocycles. The minimum absolute atomic E-state index is 0.0496. The van der Waals surface area contributed by atoms with Crippen molar-refractivity contribution in [3.63, 3.8) is 0 Å². The zero-order valence-corrected chi connectivity index (χ0v) is 13.1. The van der Waals surface area contributed by atoms with Gasteiger partial charge in [-0.15, -0.1) is 0 Å². The lowest BCUT2D eigenvalue weighted by molar-refractivity contribution is -0.384. The summed E-state index contributed by atoms with van der Waals surface area (Å²) in [6, 6.07) is 9.92. The van der Waals surface area contributed by atoms with Gasteiger partial charge in [-0.2, -0.15) is 5.10 Å². The van der Waals surface area contributed by atoms with Crippen LogP contribution in [-0.4, -0.2) is 16.3 Å². The highest BCUT2D eigenvalue weighted by molar-refractivity contribution is 7.80. The summed E-state index contributed by atoms with van der Waals surface area (Å²) in [6.07, 6.45) is 1.36. The lowest BCUT2D eigenvalue weighted by Gasteiger charge is -2.06. The first-order chi connectivity index (χ1) is 11.0. The Hall–Kier alpha value is -2.58. The normalized spacial score (nSPS) is 10.5. The van der Waals surface area contributed by atoms with Gasteiger partial charge in [0.2, 0.25) is 0 Å². The Labute approximate surface area is 141 Å². The standard InChI is InChI=1S/C14H10ClFN4O2S/c15-12-6-1-9(7-13(12)20(21)22)8-17-19-14(23)18-11-4-2-10(16)3-5-11/h1-8H,(H2,18,19,23)/b17-8+. The average Bonchev–Trinajstić information content (AvgIpc) is 2.51. The third-order valence-corrected chi connectivity index (χ3v) is 3.16. The van der Waals surface area contributed by atoms with Crippen LogP contribution in [0, 0.1) is 15.9 Å². The monoisotopic (exact) mass is 352 g/mol. The van der Waals surface area contributed by atoms with E-state index >= 15 is 0 Å². The number of benzene rings is 2. The van der Waals surface area contributed by atoms with Gasteiger partial charge in [0.15, 0.2) is 5.11 Å². The van der Waals surface area contributed by atoms with Crippen LogP contribution in [0.25, 0.3) is 0 Å². The summed E-state index contributed by atoms with van der Waals surface area (Å²) in [5.41, 5.74) is 3.43. The maximum absolute atomic E-state index is 12.8. The van der Waals surface area contributed by atoms with Crippen LogP contribution in [0.4, 0.5) is 15.8 Å².